The van der Waals surface area contributed by atoms with E-state index in [0.29, 0.717) is 32.6 Å². The molecular weight excluding hydrogens is 374 g/mol. The molecule has 0 aromatic heterocycles. The highest BCUT2D eigenvalue weighted by Crippen LogP contribution is 2.25. The van der Waals surface area contributed by atoms with Gasteiger partial charge in [0.2, 0.25) is 5.91 Å². The van der Waals surface area contributed by atoms with Crippen molar-refractivity contribution < 1.29 is 14.3 Å². The third-order valence-corrected chi connectivity index (χ3v) is 4.97. The van der Waals surface area contributed by atoms with Crippen LogP contribution < -0.4 is 14.8 Å². The lowest BCUT2D eigenvalue weighted by Crippen LogP contribution is -2.28. The second kappa shape index (κ2) is 10.1. The molecule has 0 unspecified atom stereocenters. The summed E-state index contributed by atoms with van der Waals surface area (Å²) in [5.41, 5.74) is 1.41. The lowest BCUT2D eigenvalue weighted by Gasteiger charge is -2.19. The molecule has 0 spiro atoms. The van der Waals surface area contributed by atoms with Gasteiger partial charge >= 0.3 is 0 Å². The quantitative estimate of drug-likeness (QED) is 0.479. The van der Waals surface area contributed by atoms with Gasteiger partial charge in [0.1, 0.15) is 18.1 Å². The Morgan fingerprint density at radius 2 is 1.60 bits per heavy atom. The maximum absolute atomic E-state index is 12.0. The molecule has 4 nitrogen and oxygen atoms in total. The topological polar surface area (TPSA) is 47.6 Å². The molecule has 0 atom stereocenters. The van der Waals surface area contributed by atoms with E-state index in [0.717, 1.165) is 22.3 Å². The van der Waals surface area contributed by atoms with Gasteiger partial charge in [0, 0.05) is 11.8 Å². The van der Waals surface area contributed by atoms with Crippen molar-refractivity contribution in [2.24, 2.45) is 0 Å². The Morgan fingerprint density at radius 1 is 0.867 bits per heavy atom. The minimum Gasteiger partial charge on any atom is -0.494 e. The van der Waals surface area contributed by atoms with Gasteiger partial charge in [0.05, 0.1) is 13.2 Å². The molecule has 3 aromatic carbocycles. The van der Waals surface area contributed by atoms with Gasteiger partial charge < -0.3 is 14.8 Å². The largest absolute Gasteiger partial charge is 0.494 e. The van der Waals surface area contributed by atoms with Gasteiger partial charge in [-0.2, -0.15) is 0 Å². The Kier molecular flexibility index (Phi) is 7.34. The van der Waals surface area contributed by atoms with E-state index < -0.39 is 0 Å². The van der Waals surface area contributed by atoms with Gasteiger partial charge in [-0.25, -0.2) is 0 Å². The number of hydrogen-bond donors (Lipinski definition) is 1. The number of rotatable bonds is 9. The van der Waals surface area contributed by atoms with E-state index in [1.54, 1.807) is 0 Å². The Labute approximate surface area is 179 Å². The summed E-state index contributed by atoms with van der Waals surface area (Å²) in [6.07, 6.45) is 1.12. The van der Waals surface area contributed by atoms with Crippen LogP contribution in [0.1, 0.15) is 39.2 Å². The Hall–Kier alpha value is -3.01. The first-order valence-electron chi connectivity index (χ1n) is 10.5. The van der Waals surface area contributed by atoms with Crippen LogP contribution in [0.4, 0.5) is 0 Å². The number of ether oxygens (including phenoxy) is 2. The van der Waals surface area contributed by atoms with Crippen molar-refractivity contribution in [1.29, 1.82) is 0 Å². The predicted molar refractivity (Wildman–Crippen MR) is 122 cm³/mol. The van der Waals surface area contributed by atoms with Crippen LogP contribution in [0, 0.1) is 0 Å². The predicted octanol–water partition coefficient (Wildman–Crippen LogP) is 5.49. The molecule has 1 N–H and O–H groups in total. The van der Waals surface area contributed by atoms with Crippen LogP contribution in [0.3, 0.4) is 0 Å². The molecule has 0 heterocycles. The SMILES string of the molecule is CC(C)(C)c1ccc(OCCCC(=O)NCCOc2cccc3ccccc23)cc1. The number of carbonyl (C=O) groups is 1. The van der Waals surface area contributed by atoms with Crippen LogP contribution in [0.2, 0.25) is 0 Å². The molecule has 0 bridgehead atoms. The summed E-state index contributed by atoms with van der Waals surface area (Å²) in [6, 6.07) is 22.3. The number of carbonyl (C=O) groups excluding carboxylic acids is 1. The van der Waals surface area contributed by atoms with Crippen molar-refractivity contribution >= 4 is 16.7 Å². The first-order chi connectivity index (χ1) is 14.4. The third-order valence-electron chi connectivity index (χ3n) is 4.97. The molecule has 3 aromatic rings. The summed E-state index contributed by atoms with van der Waals surface area (Å²) in [5, 5.41) is 5.13. The van der Waals surface area contributed by atoms with Crippen molar-refractivity contribution in [2.75, 3.05) is 19.8 Å². The molecule has 0 saturated heterocycles. The zero-order chi connectivity index (χ0) is 21.4. The molecule has 0 saturated carbocycles. The molecule has 3 rings (SSSR count). The molecule has 0 aliphatic rings. The van der Waals surface area contributed by atoms with E-state index >= 15 is 0 Å². The lowest BCUT2D eigenvalue weighted by atomic mass is 9.87. The van der Waals surface area contributed by atoms with E-state index in [1.165, 1.54) is 5.56 Å². The van der Waals surface area contributed by atoms with Crippen LogP contribution in [0.5, 0.6) is 11.5 Å². The number of hydrogen-bond acceptors (Lipinski definition) is 3. The van der Waals surface area contributed by atoms with Gasteiger partial charge in [-0.05, 0) is 41.0 Å². The molecule has 1 amide bonds. The highest BCUT2D eigenvalue weighted by atomic mass is 16.5. The molecule has 30 heavy (non-hydrogen) atoms. The van der Waals surface area contributed by atoms with Gasteiger partial charge in [-0.3, -0.25) is 4.79 Å². The summed E-state index contributed by atoms with van der Waals surface area (Å²) in [7, 11) is 0. The van der Waals surface area contributed by atoms with Gasteiger partial charge in [-0.1, -0.05) is 69.3 Å². The summed E-state index contributed by atoms with van der Waals surface area (Å²) in [6.45, 7) is 8.01. The Bertz CT molecular complexity index is 953. The van der Waals surface area contributed by atoms with Crippen molar-refractivity contribution in [2.45, 2.75) is 39.0 Å². The molecular formula is C26H31NO3. The van der Waals surface area contributed by atoms with Gasteiger partial charge in [0.15, 0.2) is 0 Å². The van der Waals surface area contributed by atoms with E-state index in [-0.39, 0.29) is 11.3 Å². The van der Waals surface area contributed by atoms with E-state index in [2.05, 4.69) is 50.4 Å². The summed E-state index contributed by atoms with van der Waals surface area (Å²) in [5.74, 6) is 1.70. The number of fused-ring (bicyclic) bond motifs is 1. The normalized spacial score (nSPS) is 11.3. The molecule has 0 fully saturated rings. The monoisotopic (exact) mass is 405 g/mol. The number of benzene rings is 3. The fourth-order valence-electron chi connectivity index (χ4n) is 3.24. The summed E-state index contributed by atoms with van der Waals surface area (Å²) >= 11 is 0. The second-order valence-corrected chi connectivity index (χ2v) is 8.40. The molecule has 4 heteroatoms. The van der Waals surface area contributed by atoms with Crippen molar-refractivity contribution in [3.8, 4) is 11.5 Å². The van der Waals surface area contributed by atoms with Crippen LogP contribution >= 0.6 is 0 Å². The zero-order valence-corrected chi connectivity index (χ0v) is 18.1. The van der Waals surface area contributed by atoms with Crippen molar-refractivity contribution in [3.05, 3.63) is 72.3 Å². The third kappa shape index (κ3) is 6.24. The lowest BCUT2D eigenvalue weighted by molar-refractivity contribution is -0.121. The van der Waals surface area contributed by atoms with Crippen LogP contribution in [0.25, 0.3) is 10.8 Å². The highest BCUT2D eigenvalue weighted by molar-refractivity contribution is 5.88. The maximum atomic E-state index is 12.0. The standard InChI is InChI=1S/C26H31NO3/c1-26(2,3)21-13-15-22(16-14-21)29-18-7-12-25(28)27-17-19-30-24-11-6-9-20-8-4-5-10-23(20)24/h4-6,8-11,13-16H,7,12,17-19H2,1-3H3,(H,27,28). The summed E-state index contributed by atoms with van der Waals surface area (Å²) in [4.78, 5) is 12.0. The van der Waals surface area contributed by atoms with E-state index in [4.69, 9.17) is 9.47 Å². The fraction of sp³-hybridized carbons (Fsp3) is 0.346. The minimum atomic E-state index is 0.0169. The van der Waals surface area contributed by atoms with Crippen molar-refractivity contribution in [1.82, 2.24) is 5.32 Å². The Morgan fingerprint density at radius 3 is 2.37 bits per heavy atom. The first-order valence-corrected chi connectivity index (χ1v) is 10.5. The molecule has 0 radical (unpaired) electrons. The van der Waals surface area contributed by atoms with E-state index in [9.17, 15) is 4.79 Å². The van der Waals surface area contributed by atoms with Crippen molar-refractivity contribution in [3.63, 3.8) is 0 Å². The van der Waals surface area contributed by atoms with Crippen LogP contribution in [0.15, 0.2) is 66.7 Å². The zero-order valence-electron chi connectivity index (χ0n) is 18.1. The molecule has 0 aliphatic heterocycles. The molecule has 158 valence electrons. The first kappa shape index (κ1) is 21.7. The average molecular weight is 406 g/mol. The smallest absolute Gasteiger partial charge is 0.220 e. The molecule has 0 aliphatic carbocycles. The summed E-state index contributed by atoms with van der Waals surface area (Å²) < 4.78 is 11.6. The van der Waals surface area contributed by atoms with Gasteiger partial charge in [0.25, 0.3) is 0 Å². The van der Waals surface area contributed by atoms with Crippen LogP contribution in [-0.2, 0) is 10.2 Å². The van der Waals surface area contributed by atoms with Crippen LogP contribution in [-0.4, -0.2) is 25.7 Å². The highest BCUT2D eigenvalue weighted by Gasteiger charge is 2.13. The maximum Gasteiger partial charge on any atom is 0.220 e. The fourth-order valence-corrected chi connectivity index (χ4v) is 3.24. The van der Waals surface area contributed by atoms with Gasteiger partial charge in [-0.15, -0.1) is 0 Å². The number of amides is 1. The second-order valence-electron chi connectivity index (χ2n) is 8.40. The Balaban J connectivity index is 1.31. The minimum absolute atomic E-state index is 0.0169. The van der Waals surface area contributed by atoms with E-state index in [1.807, 2.05) is 42.5 Å². The average Bonchev–Trinajstić information content (AvgIpc) is 2.74. The number of nitrogens with one attached hydrogen (secondary N) is 1.